The lowest BCUT2D eigenvalue weighted by atomic mass is 10.1. The standard InChI is InChI=1S/C20H16N4O/c1-14-8-10-15(11-9-14)19(25)18-20(22-16-6-2-4-12-21-16)23-17-7-3-5-13-24(17)18/h2-13H,1H3,(H,21,22). The van der Waals surface area contributed by atoms with Crippen LogP contribution in [0.2, 0.25) is 0 Å². The fraction of sp³-hybridized carbons (Fsp3) is 0.0500. The van der Waals surface area contributed by atoms with Gasteiger partial charge >= 0.3 is 0 Å². The Hall–Kier alpha value is -3.47. The number of carbonyl (C=O) groups excluding carboxylic acids is 1. The summed E-state index contributed by atoms with van der Waals surface area (Å²) in [7, 11) is 0. The van der Waals surface area contributed by atoms with Gasteiger partial charge in [-0.15, -0.1) is 0 Å². The molecule has 0 radical (unpaired) electrons. The Labute approximate surface area is 145 Å². The van der Waals surface area contributed by atoms with Gasteiger partial charge < -0.3 is 5.32 Å². The Morgan fingerprint density at radius 3 is 2.56 bits per heavy atom. The maximum Gasteiger partial charge on any atom is 0.213 e. The van der Waals surface area contributed by atoms with E-state index in [9.17, 15) is 4.79 Å². The lowest BCUT2D eigenvalue weighted by molar-refractivity contribution is 0.103. The summed E-state index contributed by atoms with van der Waals surface area (Å²) in [5.74, 6) is 1.05. The van der Waals surface area contributed by atoms with Crippen LogP contribution in [-0.2, 0) is 0 Å². The third kappa shape index (κ3) is 2.87. The van der Waals surface area contributed by atoms with Crippen LogP contribution in [0.15, 0.2) is 73.1 Å². The van der Waals surface area contributed by atoms with Gasteiger partial charge in [0.2, 0.25) is 5.78 Å². The minimum absolute atomic E-state index is 0.0860. The molecule has 0 saturated heterocycles. The summed E-state index contributed by atoms with van der Waals surface area (Å²) < 4.78 is 1.80. The monoisotopic (exact) mass is 328 g/mol. The number of pyridine rings is 2. The van der Waals surface area contributed by atoms with Crippen molar-refractivity contribution < 1.29 is 4.79 Å². The maximum atomic E-state index is 13.1. The second-order valence-electron chi connectivity index (χ2n) is 5.77. The molecule has 0 spiro atoms. The number of carbonyl (C=O) groups is 1. The minimum Gasteiger partial charge on any atom is -0.323 e. The number of hydrogen-bond acceptors (Lipinski definition) is 4. The first-order valence-electron chi connectivity index (χ1n) is 7.99. The highest BCUT2D eigenvalue weighted by Gasteiger charge is 2.21. The lowest BCUT2D eigenvalue weighted by Gasteiger charge is -2.06. The van der Waals surface area contributed by atoms with Crippen LogP contribution in [0.3, 0.4) is 0 Å². The van der Waals surface area contributed by atoms with Gasteiger partial charge in [-0.1, -0.05) is 42.0 Å². The molecule has 0 saturated carbocycles. The van der Waals surface area contributed by atoms with Crippen molar-refractivity contribution in [2.45, 2.75) is 6.92 Å². The highest BCUT2D eigenvalue weighted by atomic mass is 16.1. The Morgan fingerprint density at radius 2 is 1.80 bits per heavy atom. The van der Waals surface area contributed by atoms with Crippen molar-refractivity contribution in [3.05, 3.63) is 89.9 Å². The summed E-state index contributed by atoms with van der Waals surface area (Å²) in [6, 6.07) is 18.7. The highest BCUT2D eigenvalue weighted by molar-refractivity contribution is 6.11. The number of ketones is 1. The first-order valence-corrected chi connectivity index (χ1v) is 7.99. The molecule has 0 unspecified atom stereocenters. The molecule has 122 valence electrons. The van der Waals surface area contributed by atoms with Crippen LogP contribution in [-0.4, -0.2) is 20.2 Å². The lowest BCUT2D eigenvalue weighted by Crippen LogP contribution is -2.08. The van der Waals surface area contributed by atoms with Crippen LogP contribution in [0.25, 0.3) is 5.65 Å². The van der Waals surface area contributed by atoms with E-state index >= 15 is 0 Å². The molecule has 0 amide bonds. The van der Waals surface area contributed by atoms with E-state index in [-0.39, 0.29) is 5.78 Å². The Balaban J connectivity index is 1.84. The topological polar surface area (TPSA) is 59.3 Å². The summed E-state index contributed by atoms with van der Waals surface area (Å²) in [6.45, 7) is 2.00. The van der Waals surface area contributed by atoms with E-state index in [1.54, 1.807) is 10.6 Å². The molecule has 1 aromatic carbocycles. The van der Waals surface area contributed by atoms with E-state index in [2.05, 4.69) is 15.3 Å². The van der Waals surface area contributed by atoms with E-state index in [4.69, 9.17) is 0 Å². The summed E-state index contributed by atoms with van der Waals surface area (Å²) in [5.41, 5.74) is 2.93. The van der Waals surface area contributed by atoms with Crippen LogP contribution in [0.4, 0.5) is 11.6 Å². The minimum atomic E-state index is -0.0860. The van der Waals surface area contributed by atoms with Gasteiger partial charge in [0.05, 0.1) is 0 Å². The van der Waals surface area contributed by atoms with Crippen molar-refractivity contribution in [3.8, 4) is 0 Å². The molecule has 4 rings (SSSR count). The predicted molar refractivity (Wildman–Crippen MR) is 97.3 cm³/mol. The summed E-state index contributed by atoms with van der Waals surface area (Å²) in [6.07, 6.45) is 3.53. The number of benzene rings is 1. The van der Waals surface area contributed by atoms with Gasteiger partial charge in [-0.25, -0.2) is 9.97 Å². The summed E-state index contributed by atoms with van der Waals surface area (Å²) in [4.78, 5) is 21.9. The number of anilines is 2. The van der Waals surface area contributed by atoms with Gasteiger partial charge in [0.25, 0.3) is 0 Å². The van der Waals surface area contributed by atoms with E-state index in [1.165, 1.54) is 0 Å². The van der Waals surface area contributed by atoms with Crippen molar-refractivity contribution in [1.82, 2.24) is 14.4 Å². The number of aryl methyl sites for hydroxylation is 1. The van der Waals surface area contributed by atoms with Gasteiger partial charge in [-0.2, -0.15) is 0 Å². The number of hydrogen-bond donors (Lipinski definition) is 1. The van der Waals surface area contributed by atoms with E-state index in [1.807, 2.05) is 73.8 Å². The molecule has 1 N–H and O–H groups in total. The summed E-state index contributed by atoms with van der Waals surface area (Å²) >= 11 is 0. The predicted octanol–water partition coefficient (Wildman–Crippen LogP) is 4.01. The highest BCUT2D eigenvalue weighted by Crippen LogP contribution is 2.24. The van der Waals surface area contributed by atoms with Crippen molar-refractivity contribution >= 4 is 23.1 Å². The van der Waals surface area contributed by atoms with Gasteiger partial charge in [0.1, 0.15) is 17.2 Å². The fourth-order valence-electron chi connectivity index (χ4n) is 2.70. The molecule has 5 nitrogen and oxygen atoms in total. The van der Waals surface area contributed by atoms with Crippen LogP contribution in [0.5, 0.6) is 0 Å². The molecular weight excluding hydrogens is 312 g/mol. The number of fused-ring (bicyclic) bond motifs is 1. The molecule has 25 heavy (non-hydrogen) atoms. The van der Waals surface area contributed by atoms with Gasteiger partial charge in [-0.3, -0.25) is 9.20 Å². The van der Waals surface area contributed by atoms with Crippen molar-refractivity contribution in [1.29, 1.82) is 0 Å². The maximum absolute atomic E-state index is 13.1. The third-order valence-corrected chi connectivity index (χ3v) is 3.97. The van der Waals surface area contributed by atoms with Crippen molar-refractivity contribution in [2.24, 2.45) is 0 Å². The van der Waals surface area contributed by atoms with Crippen LogP contribution < -0.4 is 5.32 Å². The second-order valence-corrected chi connectivity index (χ2v) is 5.77. The average molecular weight is 328 g/mol. The second kappa shape index (κ2) is 6.20. The molecular formula is C20H16N4O. The molecule has 4 aromatic rings. The van der Waals surface area contributed by atoms with E-state index in [0.29, 0.717) is 28.5 Å². The first-order chi connectivity index (χ1) is 12.2. The Morgan fingerprint density at radius 1 is 1.00 bits per heavy atom. The first kappa shape index (κ1) is 15.1. The van der Waals surface area contributed by atoms with Gasteiger partial charge in [0, 0.05) is 18.0 Å². The zero-order chi connectivity index (χ0) is 17.2. The van der Waals surface area contributed by atoms with E-state index in [0.717, 1.165) is 5.56 Å². The molecule has 3 aromatic heterocycles. The fourth-order valence-corrected chi connectivity index (χ4v) is 2.70. The molecule has 5 heteroatoms. The van der Waals surface area contributed by atoms with Crippen molar-refractivity contribution in [2.75, 3.05) is 5.32 Å². The van der Waals surface area contributed by atoms with Gasteiger partial charge in [-0.05, 0) is 31.2 Å². The quantitative estimate of drug-likeness (QED) is 0.575. The molecule has 0 aliphatic heterocycles. The number of imidazole rings is 1. The molecule has 0 fully saturated rings. The molecule has 3 heterocycles. The molecule has 0 bridgehead atoms. The van der Waals surface area contributed by atoms with E-state index < -0.39 is 0 Å². The van der Waals surface area contributed by atoms with Gasteiger partial charge in [0.15, 0.2) is 5.82 Å². The van der Waals surface area contributed by atoms with Crippen molar-refractivity contribution in [3.63, 3.8) is 0 Å². The molecule has 0 aliphatic rings. The normalized spacial score (nSPS) is 10.8. The smallest absolute Gasteiger partial charge is 0.213 e. The largest absolute Gasteiger partial charge is 0.323 e. The van der Waals surface area contributed by atoms with Crippen LogP contribution in [0.1, 0.15) is 21.6 Å². The number of rotatable bonds is 4. The van der Waals surface area contributed by atoms with Crippen LogP contribution >= 0.6 is 0 Å². The average Bonchev–Trinajstić information content (AvgIpc) is 3.00. The van der Waals surface area contributed by atoms with Crippen LogP contribution in [0, 0.1) is 6.92 Å². The number of nitrogens with one attached hydrogen (secondary N) is 1. The summed E-state index contributed by atoms with van der Waals surface area (Å²) in [5, 5.41) is 3.16. The molecule has 0 aliphatic carbocycles. The zero-order valence-electron chi connectivity index (χ0n) is 13.7. The SMILES string of the molecule is Cc1ccc(C(=O)c2c(Nc3ccccn3)nc3ccccn23)cc1. The Bertz CT molecular complexity index is 1040. The molecule has 0 atom stereocenters. The Kier molecular flexibility index (Phi) is 3.74. The zero-order valence-corrected chi connectivity index (χ0v) is 13.7. The number of aromatic nitrogens is 3. The number of nitrogens with zero attached hydrogens (tertiary/aromatic N) is 3. The third-order valence-electron chi connectivity index (χ3n) is 3.97.